The van der Waals surface area contributed by atoms with Gasteiger partial charge in [-0.05, 0) is 51.2 Å². The van der Waals surface area contributed by atoms with Gasteiger partial charge in [0.05, 0.1) is 4.90 Å². The van der Waals surface area contributed by atoms with Gasteiger partial charge in [-0.15, -0.1) is 0 Å². The molecule has 4 nitrogen and oxygen atoms in total. The van der Waals surface area contributed by atoms with Crippen LogP contribution in [0.25, 0.3) is 0 Å². The number of rotatable bonds is 7. The maximum atomic E-state index is 12.8. The highest BCUT2D eigenvalue weighted by molar-refractivity contribution is 7.89. The summed E-state index contributed by atoms with van der Waals surface area (Å²) in [6.07, 6.45) is 7.07. The van der Waals surface area contributed by atoms with Crippen molar-refractivity contribution in [3.05, 3.63) is 41.5 Å². The Labute approximate surface area is 133 Å². The molecule has 5 heteroatoms. The summed E-state index contributed by atoms with van der Waals surface area (Å²) in [4.78, 5) is 0.320. The molecule has 1 saturated carbocycles. The van der Waals surface area contributed by atoms with Gasteiger partial charge in [-0.2, -0.15) is 4.31 Å². The highest BCUT2D eigenvalue weighted by atomic mass is 32.2. The number of hydrogen-bond acceptors (Lipinski definition) is 3. The first-order chi connectivity index (χ1) is 10.5. The number of nitrogens with zero attached hydrogens (tertiary/aromatic N) is 1. The standard InChI is InChI=1S/C17H25NO3S/c1-15-7-9-17(10-8-15)22(20,21)18(12-4-14-19)13-11-16-5-2-3-6-16/h7-11,19H,2-6,12-14H2,1H3. The molecule has 0 amide bonds. The molecular formula is C17H25NO3S. The summed E-state index contributed by atoms with van der Waals surface area (Å²) in [6, 6.07) is 6.93. The van der Waals surface area contributed by atoms with Gasteiger partial charge in [-0.1, -0.05) is 29.3 Å². The summed E-state index contributed by atoms with van der Waals surface area (Å²) >= 11 is 0. The fourth-order valence-corrected chi connectivity index (χ4v) is 4.10. The topological polar surface area (TPSA) is 57.6 Å². The van der Waals surface area contributed by atoms with E-state index in [1.165, 1.54) is 22.7 Å². The van der Waals surface area contributed by atoms with Crippen LogP contribution in [0.2, 0.25) is 0 Å². The van der Waals surface area contributed by atoms with E-state index < -0.39 is 10.0 Å². The second kappa shape index (κ2) is 7.90. The lowest BCUT2D eigenvalue weighted by Crippen LogP contribution is -2.32. The lowest BCUT2D eigenvalue weighted by atomic mass is 10.2. The van der Waals surface area contributed by atoms with Gasteiger partial charge in [0.1, 0.15) is 0 Å². The Morgan fingerprint density at radius 3 is 2.41 bits per heavy atom. The number of aliphatic hydroxyl groups is 1. The lowest BCUT2D eigenvalue weighted by molar-refractivity contribution is 0.272. The Bertz CT molecular complexity index is 597. The predicted molar refractivity (Wildman–Crippen MR) is 88.2 cm³/mol. The van der Waals surface area contributed by atoms with Gasteiger partial charge >= 0.3 is 0 Å². The number of aliphatic hydroxyl groups excluding tert-OH is 1. The Balaban J connectivity index is 2.18. The van der Waals surface area contributed by atoms with Crippen molar-refractivity contribution in [2.75, 3.05) is 19.7 Å². The molecule has 0 spiro atoms. The van der Waals surface area contributed by atoms with E-state index in [1.54, 1.807) is 12.1 Å². The van der Waals surface area contributed by atoms with E-state index in [9.17, 15) is 8.42 Å². The summed E-state index contributed by atoms with van der Waals surface area (Å²) in [5.74, 6) is 0. The minimum absolute atomic E-state index is 0.00348. The van der Waals surface area contributed by atoms with Crippen molar-refractivity contribution in [1.82, 2.24) is 4.31 Å². The Morgan fingerprint density at radius 1 is 1.18 bits per heavy atom. The lowest BCUT2D eigenvalue weighted by Gasteiger charge is -2.21. The molecule has 0 radical (unpaired) electrons. The maximum Gasteiger partial charge on any atom is 0.243 e. The van der Waals surface area contributed by atoms with Crippen LogP contribution in [-0.2, 0) is 10.0 Å². The normalized spacial score (nSPS) is 15.5. The average molecular weight is 323 g/mol. The molecule has 122 valence electrons. The van der Waals surface area contributed by atoms with Crippen LogP contribution in [0.1, 0.15) is 37.7 Å². The van der Waals surface area contributed by atoms with E-state index >= 15 is 0 Å². The number of sulfonamides is 1. The number of allylic oxidation sites excluding steroid dienone is 1. The third-order valence-corrected chi connectivity index (χ3v) is 5.93. The van der Waals surface area contributed by atoms with Gasteiger partial charge in [0.2, 0.25) is 10.0 Å². The molecule has 0 aliphatic heterocycles. The van der Waals surface area contributed by atoms with Gasteiger partial charge in [-0.25, -0.2) is 8.42 Å². The monoisotopic (exact) mass is 323 g/mol. The molecule has 0 aromatic heterocycles. The van der Waals surface area contributed by atoms with Crippen molar-refractivity contribution in [2.24, 2.45) is 0 Å². The Kier molecular flexibility index (Phi) is 6.17. The molecule has 1 aliphatic rings. The Hall–Kier alpha value is -1.17. The molecule has 0 saturated heterocycles. The molecule has 1 N–H and O–H groups in total. The van der Waals surface area contributed by atoms with Gasteiger partial charge in [0.25, 0.3) is 0 Å². The van der Waals surface area contributed by atoms with Crippen LogP contribution in [0.4, 0.5) is 0 Å². The van der Waals surface area contributed by atoms with E-state index in [-0.39, 0.29) is 6.61 Å². The Morgan fingerprint density at radius 2 is 1.82 bits per heavy atom. The van der Waals surface area contributed by atoms with Crippen LogP contribution < -0.4 is 0 Å². The molecule has 1 fully saturated rings. The molecular weight excluding hydrogens is 298 g/mol. The fraction of sp³-hybridized carbons (Fsp3) is 0.529. The molecule has 0 heterocycles. The molecule has 1 aromatic rings. The van der Waals surface area contributed by atoms with Crippen molar-refractivity contribution in [3.8, 4) is 0 Å². The second-order valence-corrected chi connectivity index (χ2v) is 7.76. The molecule has 1 aliphatic carbocycles. The first-order valence-corrected chi connectivity index (χ1v) is 9.33. The van der Waals surface area contributed by atoms with Crippen molar-refractivity contribution < 1.29 is 13.5 Å². The molecule has 0 bridgehead atoms. The first-order valence-electron chi connectivity index (χ1n) is 7.89. The quantitative estimate of drug-likeness (QED) is 0.785. The number of aryl methyl sites for hydroxylation is 1. The van der Waals surface area contributed by atoms with E-state index in [0.717, 1.165) is 18.4 Å². The summed E-state index contributed by atoms with van der Waals surface area (Å²) < 4.78 is 27.0. The third-order valence-electron chi connectivity index (χ3n) is 4.05. The highest BCUT2D eigenvalue weighted by Gasteiger charge is 2.23. The third kappa shape index (κ3) is 4.41. The van der Waals surface area contributed by atoms with Crippen molar-refractivity contribution in [3.63, 3.8) is 0 Å². The van der Waals surface area contributed by atoms with Gasteiger partial charge in [0.15, 0.2) is 0 Å². The van der Waals surface area contributed by atoms with Gasteiger partial charge < -0.3 is 5.11 Å². The van der Waals surface area contributed by atoms with Gasteiger partial charge in [0, 0.05) is 19.7 Å². The minimum atomic E-state index is -3.50. The minimum Gasteiger partial charge on any atom is -0.396 e. The zero-order valence-electron chi connectivity index (χ0n) is 13.2. The van der Waals surface area contributed by atoms with E-state index in [4.69, 9.17) is 5.11 Å². The summed E-state index contributed by atoms with van der Waals surface area (Å²) in [7, 11) is -3.50. The van der Waals surface area contributed by atoms with Gasteiger partial charge in [-0.3, -0.25) is 0 Å². The van der Waals surface area contributed by atoms with Crippen molar-refractivity contribution >= 4 is 10.0 Å². The fourth-order valence-electron chi connectivity index (χ4n) is 2.68. The first kappa shape index (κ1) is 17.2. The van der Waals surface area contributed by atoms with E-state index in [2.05, 4.69) is 6.08 Å². The van der Waals surface area contributed by atoms with Crippen LogP contribution in [-0.4, -0.2) is 37.5 Å². The largest absolute Gasteiger partial charge is 0.396 e. The molecule has 1 aromatic carbocycles. The average Bonchev–Trinajstić information content (AvgIpc) is 3.01. The zero-order valence-corrected chi connectivity index (χ0v) is 14.0. The number of benzene rings is 1. The SMILES string of the molecule is Cc1ccc(S(=O)(=O)N(CC=C2CCCC2)CCCO)cc1. The molecule has 22 heavy (non-hydrogen) atoms. The van der Waals surface area contributed by atoms with Crippen LogP contribution >= 0.6 is 0 Å². The summed E-state index contributed by atoms with van der Waals surface area (Å²) in [6.45, 7) is 2.67. The second-order valence-electron chi connectivity index (χ2n) is 5.82. The van der Waals surface area contributed by atoms with E-state index in [0.29, 0.717) is 24.4 Å². The van der Waals surface area contributed by atoms with E-state index in [1.807, 2.05) is 19.1 Å². The molecule has 2 rings (SSSR count). The maximum absolute atomic E-state index is 12.8. The van der Waals surface area contributed by atoms with Crippen LogP contribution in [0, 0.1) is 6.92 Å². The molecule has 0 unspecified atom stereocenters. The smallest absolute Gasteiger partial charge is 0.243 e. The summed E-state index contributed by atoms with van der Waals surface area (Å²) in [5, 5.41) is 9.03. The number of hydrogen-bond donors (Lipinski definition) is 1. The van der Waals surface area contributed by atoms with Crippen LogP contribution in [0.15, 0.2) is 40.8 Å². The predicted octanol–water partition coefficient (Wildman–Crippen LogP) is 2.87. The van der Waals surface area contributed by atoms with Crippen LogP contribution in [0.5, 0.6) is 0 Å². The summed E-state index contributed by atoms with van der Waals surface area (Å²) in [5.41, 5.74) is 2.39. The molecule has 0 atom stereocenters. The van der Waals surface area contributed by atoms with Crippen molar-refractivity contribution in [1.29, 1.82) is 0 Å². The zero-order chi connectivity index (χ0) is 16.0. The van der Waals surface area contributed by atoms with Crippen LogP contribution in [0.3, 0.4) is 0 Å². The highest BCUT2D eigenvalue weighted by Crippen LogP contribution is 2.24. The van der Waals surface area contributed by atoms with Crippen molar-refractivity contribution in [2.45, 2.75) is 43.9 Å².